The molecule has 1 heterocycles. The van der Waals surface area contributed by atoms with Crippen molar-refractivity contribution >= 4 is 22.8 Å². The lowest BCUT2D eigenvalue weighted by atomic mass is 9.93. The molecule has 0 aliphatic carbocycles. The zero-order chi connectivity index (χ0) is 18.3. The van der Waals surface area contributed by atoms with Gasteiger partial charge in [0, 0.05) is 37.2 Å². The predicted octanol–water partition coefficient (Wildman–Crippen LogP) is 2.04. The molecule has 0 spiro atoms. The smallest absolute Gasteiger partial charge is 0.227 e. The number of para-hydroxylation sites is 1. The van der Waals surface area contributed by atoms with Crippen LogP contribution >= 0.6 is 0 Å². The number of amides is 1. The molecule has 6 heteroatoms. The van der Waals surface area contributed by atoms with Gasteiger partial charge in [0.25, 0.3) is 0 Å². The Balaban J connectivity index is 1.95. The van der Waals surface area contributed by atoms with Gasteiger partial charge in [-0.1, -0.05) is 18.2 Å². The molecule has 25 heavy (non-hydrogen) atoms. The van der Waals surface area contributed by atoms with Gasteiger partial charge in [-0.3, -0.25) is 9.79 Å². The van der Waals surface area contributed by atoms with Gasteiger partial charge in [-0.2, -0.15) is 0 Å². The van der Waals surface area contributed by atoms with Gasteiger partial charge in [-0.25, -0.2) is 0 Å². The van der Waals surface area contributed by atoms with Crippen LogP contribution in [0.1, 0.15) is 26.3 Å². The van der Waals surface area contributed by atoms with Crippen LogP contribution in [0.2, 0.25) is 0 Å². The number of aromatic amines is 1. The van der Waals surface area contributed by atoms with Crippen LogP contribution in [0.4, 0.5) is 0 Å². The van der Waals surface area contributed by atoms with Gasteiger partial charge in [0.05, 0.1) is 12.0 Å². The number of carbonyl (C=O) groups excluding carboxylic acids is 1. The summed E-state index contributed by atoms with van der Waals surface area (Å²) < 4.78 is 0. The summed E-state index contributed by atoms with van der Waals surface area (Å²) in [5, 5.41) is 10.5. The summed E-state index contributed by atoms with van der Waals surface area (Å²) in [5.41, 5.74) is 1.91. The summed E-state index contributed by atoms with van der Waals surface area (Å²) in [6.07, 6.45) is 2.96. The largest absolute Gasteiger partial charge is 0.361 e. The maximum absolute atomic E-state index is 11.9. The van der Waals surface area contributed by atoms with Gasteiger partial charge in [0.2, 0.25) is 5.91 Å². The Morgan fingerprint density at radius 1 is 1.24 bits per heavy atom. The van der Waals surface area contributed by atoms with E-state index in [1.54, 1.807) is 7.05 Å². The van der Waals surface area contributed by atoms with Gasteiger partial charge in [-0.05, 0) is 38.8 Å². The number of carbonyl (C=O) groups is 1. The van der Waals surface area contributed by atoms with Crippen LogP contribution in [0.5, 0.6) is 0 Å². The fourth-order valence-electron chi connectivity index (χ4n) is 2.68. The summed E-state index contributed by atoms with van der Waals surface area (Å²) in [6.45, 7) is 7.79. The van der Waals surface area contributed by atoms with Crippen molar-refractivity contribution in [2.24, 2.45) is 10.4 Å². The number of hydrogen-bond acceptors (Lipinski definition) is 2. The molecule has 6 nitrogen and oxygen atoms in total. The first-order chi connectivity index (χ1) is 12.0. The van der Waals surface area contributed by atoms with Gasteiger partial charge in [-0.15, -0.1) is 0 Å². The van der Waals surface area contributed by atoms with E-state index in [0.717, 1.165) is 31.0 Å². The summed E-state index contributed by atoms with van der Waals surface area (Å²) in [6, 6.07) is 8.30. The lowest BCUT2D eigenvalue weighted by Gasteiger charge is -2.21. The van der Waals surface area contributed by atoms with Crippen LogP contribution in [-0.2, 0) is 11.2 Å². The van der Waals surface area contributed by atoms with Gasteiger partial charge < -0.3 is 20.9 Å². The van der Waals surface area contributed by atoms with E-state index in [4.69, 9.17) is 0 Å². The second kappa shape index (κ2) is 8.55. The van der Waals surface area contributed by atoms with Gasteiger partial charge in [0.15, 0.2) is 5.96 Å². The van der Waals surface area contributed by atoms with Crippen molar-refractivity contribution in [3.05, 3.63) is 36.0 Å². The minimum atomic E-state index is -0.534. The van der Waals surface area contributed by atoms with Crippen molar-refractivity contribution in [3.8, 4) is 0 Å². The molecule has 0 fully saturated rings. The molecule has 136 valence electrons. The maximum atomic E-state index is 11.9. The molecular formula is C19H29N5O. The van der Waals surface area contributed by atoms with E-state index in [2.05, 4.69) is 50.3 Å². The number of nitrogens with zero attached hydrogens (tertiary/aromatic N) is 1. The second-order valence-electron chi connectivity index (χ2n) is 6.69. The Hall–Kier alpha value is -2.50. The number of H-pyrrole nitrogens is 1. The molecule has 4 N–H and O–H groups in total. The molecule has 2 rings (SSSR count). The lowest BCUT2D eigenvalue weighted by Crippen LogP contribution is -2.41. The normalized spacial score (nSPS) is 12.2. The highest BCUT2D eigenvalue weighted by molar-refractivity contribution is 5.84. The molecule has 0 saturated heterocycles. The molecule has 0 aliphatic heterocycles. The average Bonchev–Trinajstić information content (AvgIpc) is 3.02. The topological polar surface area (TPSA) is 81.3 Å². The van der Waals surface area contributed by atoms with Gasteiger partial charge in [0.1, 0.15) is 0 Å². The third kappa shape index (κ3) is 4.98. The quantitative estimate of drug-likeness (QED) is 0.459. The van der Waals surface area contributed by atoms with Crippen LogP contribution in [0.3, 0.4) is 0 Å². The molecule has 1 aromatic heterocycles. The van der Waals surface area contributed by atoms with Crippen LogP contribution in [0.15, 0.2) is 35.5 Å². The first kappa shape index (κ1) is 18.8. The van der Waals surface area contributed by atoms with E-state index in [-0.39, 0.29) is 5.91 Å². The summed E-state index contributed by atoms with van der Waals surface area (Å²) >= 11 is 0. The fourth-order valence-corrected chi connectivity index (χ4v) is 2.68. The van der Waals surface area contributed by atoms with Crippen molar-refractivity contribution in [2.75, 3.05) is 26.7 Å². The SMILES string of the molecule is CCNC(=NCC(C)(C)C(=O)NC)NCCc1c[nH]c2ccccc12. The first-order valence-corrected chi connectivity index (χ1v) is 8.77. The molecule has 0 saturated carbocycles. The average molecular weight is 343 g/mol. The van der Waals surface area contributed by atoms with Gasteiger partial charge >= 0.3 is 0 Å². The predicted molar refractivity (Wildman–Crippen MR) is 104 cm³/mol. The Morgan fingerprint density at radius 2 is 2.00 bits per heavy atom. The summed E-state index contributed by atoms with van der Waals surface area (Å²) in [7, 11) is 1.65. The molecule has 1 aromatic carbocycles. The Kier molecular flexibility index (Phi) is 6.44. The molecule has 0 atom stereocenters. The van der Waals surface area contributed by atoms with Crippen LogP contribution in [0, 0.1) is 5.41 Å². The maximum Gasteiger partial charge on any atom is 0.227 e. The van der Waals surface area contributed by atoms with Crippen LogP contribution < -0.4 is 16.0 Å². The third-order valence-corrected chi connectivity index (χ3v) is 4.18. The number of aliphatic imine (C=N–C) groups is 1. The number of fused-ring (bicyclic) bond motifs is 1. The molecule has 0 aliphatic rings. The summed E-state index contributed by atoms with van der Waals surface area (Å²) in [5.74, 6) is 0.727. The molecular weight excluding hydrogens is 314 g/mol. The summed E-state index contributed by atoms with van der Waals surface area (Å²) in [4.78, 5) is 19.7. The monoisotopic (exact) mass is 343 g/mol. The highest BCUT2D eigenvalue weighted by atomic mass is 16.2. The Bertz CT molecular complexity index is 732. The van der Waals surface area contributed by atoms with Crippen molar-refractivity contribution in [1.29, 1.82) is 0 Å². The van der Waals surface area contributed by atoms with E-state index >= 15 is 0 Å². The minimum Gasteiger partial charge on any atom is -0.361 e. The number of nitrogens with one attached hydrogen (secondary N) is 4. The lowest BCUT2D eigenvalue weighted by molar-refractivity contribution is -0.128. The van der Waals surface area contributed by atoms with Crippen LogP contribution in [-0.4, -0.2) is 43.5 Å². The zero-order valence-electron chi connectivity index (χ0n) is 15.6. The molecule has 0 radical (unpaired) electrons. The molecule has 0 unspecified atom stereocenters. The van der Waals surface area contributed by atoms with E-state index < -0.39 is 5.41 Å². The first-order valence-electron chi connectivity index (χ1n) is 8.77. The van der Waals surface area contributed by atoms with Crippen molar-refractivity contribution in [2.45, 2.75) is 27.2 Å². The standard InChI is InChI=1S/C19H29N5O/c1-5-21-18(24-13-19(2,3)17(25)20-4)22-11-10-14-12-23-16-9-7-6-8-15(14)16/h6-9,12,23H,5,10-11,13H2,1-4H3,(H,20,25)(H2,21,22,24). The molecule has 1 amide bonds. The van der Waals surface area contributed by atoms with Crippen molar-refractivity contribution in [3.63, 3.8) is 0 Å². The van der Waals surface area contributed by atoms with E-state index in [0.29, 0.717) is 6.54 Å². The number of hydrogen-bond donors (Lipinski definition) is 4. The Labute approximate surface area is 149 Å². The zero-order valence-corrected chi connectivity index (χ0v) is 15.6. The van der Waals surface area contributed by atoms with E-state index in [9.17, 15) is 4.79 Å². The van der Waals surface area contributed by atoms with Crippen molar-refractivity contribution < 1.29 is 4.79 Å². The highest BCUT2D eigenvalue weighted by Gasteiger charge is 2.26. The van der Waals surface area contributed by atoms with E-state index in [1.807, 2.05) is 26.8 Å². The van der Waals surface area contributed by atoms with Crippen molar-refractivity contribution in [1.82, 2.24) is 20.9 Å². The molecule has 0 bridgehead atoms. The van der Waals surface area contributed by atoms with E-state index in [1.165, 1.54) is 10.9 Å². The Morgan fingerprint density at radius 3 is 2.72 bits per heavy atom. The minimum absolute atomic E-state index is 0.00843. The second-order valence-corrected chi connectivity index (χ2v) is 6.69. The number of rotatable bonds is 7. The number of aromatic nitrogens is 1. The highest BCUT2D eigenvalue weighted by Crippen LogP contribution is 2.18. The number of benzene rings is 1. The number of guanidine groups is 1. The fraction of sp³-hybridized carbons (Fsp3) is 0.474. The third-order valence-electron chi connectivity index (χ3n) is 4.18. The molecule has 2 aromatic rings. The van der Waals surface area contributed by atoms with Crippen LogP contribution in [0.25, 0.3) is 10.9 Å².